The van der Waals surface area contributed by atoms with Gasteiger partial charge in [0.25, 0.3) is 0 Å². The van der Waals surface area contributed by atoms with Gasteiger partial charge in [-0.15, -0.1) is 0 Å². The lowest BCUT2D eigenvalue weighted by Gasteiger charge is -2.14. The first-order valence-corrected chi connectivity index (χ1v) is 7.47. The Hall–Kier alpha value is -2.27. The van der Waals surface area contributed by atoms with Crippen molar-refractivity contribution in [3.8, 4) is 11.1 Å². The van der Waals surface area contributed by atoms with Crippen LogP contribution in [0.3, 0.4) is 0 Å². The van der Waals surface area contributed by atoms with Gasteiger partial charge in [0.1, 0.15) is 0 Å². The highest BCUT2D eigenvalue weighted by atomic mass is 19.2. The Morgan fingerprint density at radius 2 is 1.78 bits per heavy atom. The van der Waals surface area contributed by atoms with Gasteiger partial charge in [-0.25, -0.2) is 8.78 Å². The van der Waals surface area contributed by atoms with E-state index in [1.165, 1.54) is 12.1 Å². The van der Waals surface area contributed by atoms with E-state index in [1.54, 1.807) is 24.3 Å². The molecule has 0 heterocycles. The molecule has 0 saturated heterocycles. The average Bonchev–Trinajstić information content (AvgIpc) is 2.50. The number of hydrogen-bond donors (Lipinski definition) is 2. The summed E-state index contributed by atoms with van der Waals surface area (Å²) < 4.78 is 27.1. The lowest BCUT2D eigenvalue weighted by atomic mass is 10.00. The van der Waals surface area contributed by atoms with Gasteiger partial charge in [-0.05, 0) is 37.5 Å². The fourth-order valence-electron chi connectivity index (χ4n) is 2.29. The molecule has 2 aromatic carbocycles. The Morgan fingerprint density at radius 1 is 1.13 bits per heavy atom. The molecular formula is C18H20F2N2O. The van der Waals surface area contributed by atoms with Gasteiger partial charge in [-0.3, -0.25) is 4.79 Å². The number of amides is 1. The molecule has 1 amide bonds. The van der Waals surface area contributed by atoms with E-state index in [4.69, 9.17) is 5.73 Å². The SMILES string of the molecule is CC(C)NC(=O)C(N)Cc1ccc(-c2cccc(F)c2F)cc1. The van der Waals surface area contributed by atoms with Crippen molar-refractivity contribution in [2.45, 2.75) is 32.4 Å². The van der Waals surface area contributed by atoms with Crippen LogP contribution >= 0.6 is 0 Å². The molecule has 5 heteroatoms. The maximum Gasteiger partial charge on any atom is 0.237 e. The highest BCUT2D eigenvalue weighted by Crippen LogP contribution is 2.24. The molecule has 0 aliphatic heterocycles. The quantitative estimate of drug-likeness (QED) is 0.890. The maximum absolute atomic E-state index is 13.8. The number of nitrogens with one attached hydrogen (secondary N) is 1. The summed E-state index contributed by atoms with van der Waals surface area (Å²) in [5.41, 5.74) is 7.51. The molecule has 3 nitrogen and oxygen atoms in total. The van der Waals surface area contributed by atoms with Crippen LogP contribution < -0.4 is 11.1 Å². The second kappa shape index (κ2) is 7.33. The largest absolute Gasteiger partial charge is 0.353 e. The fraction of sp³-hybridized carbons (Fsp3) is 0.278. The molecule has 0 spiro atoms. The molecule has 1 unspecified atom stereocenters. The van der Waals surface area contributed by atoms with Crippen molar-refractivity contribution in [1.29, 1.82) is 0 Å². The van der Waals surface area contributed by atoms with Crippen LogP contribution in [0.5, 0.6) is 0 Å². The van der Waals surface area contributed by atoms with E-state index < -0.39 is 17.7 Å². The van der Waals surface area contributed by atoms with Crippen molar-refractivity contribution >= 4 is 5.91 Å². The maximum atomic E-state index is 13.8. The molecule has 0 aromatic heterocycles. The molecule has 23 heavy (non-hydrogen) atoms. The number of halogens is 2. The Morgan fingerprint density at radius 3 is 2.39 bits per heavy atom. The summed E-state index contributed by atoms with van der Waals surface area (Å²) in [4.78, 5) is 11.8. The van der Waals surface area contributed by atoms with Crippen molar-refractivity contribution in [2.75, 3.05) is 0 Å². The Balaban J connectivity index is 2.11. The van der Waals surface area contributed by atoms with Gasteiger partial charge in [0.05, 0.1) is 6.04 Å². The van der Waals surface area contributed by atoms with Crippen LogP contribution in [-0.4, -0.2) is 18.0 Å². The number of nitrogens with two attached hydrogens (primary N) is 1. The summed E-state index contributed by atoms with van der Waals surface area (Å²) >= 11 is 0. The molecular weight excluding hydrogens is 298 g/mol. The van der Waals surface area contributed by atoms with Crippen molar-refractivity contribution in [3.63, 3.8) is 0 Å². The van der Waals surface area contributed by atoms with E-state index in [1.807, 2.05) is 13.8 Å². The predicted molar refractivity (Wildman–Crippen MR) is 86.8 cm³/mol. The zero-order chi connectivity index (χ0) is 17.0. The lowest BCUT2D eigenvalue weighted by Crippen LogP contribution is -2.44. The molecule has 0 aliphatic carbocycles. The van der Waals surface area contributed by atoms with Crippen molar-refractivity contribution in [2.24, 2.45) is 5.73 Å². The standard InChI is InChI=1S/C18H20F2N2O/c1-11(2)22-18(23)16(21)10-12-6-8-13(9-7-12)14-4-3-5-15(19)17(14)20/h3-9,11,16H,10,21H2,1-2H3,(H,22,23). The topological polar surface area (TPSA) is 55.1 Å². The molecule has 1 atom stereocenters. The zero-order valence-electron chi connectivity index (χ0n) is 13.1. The summed E-state index contributed by atoms with van der Waals surface area (Å²) in [6.45, 7) is 3.74. The number of carbonyl (C=O) groups excluding carboxylic acids is 1. The van der Waals surface area contributed by atoms with E-state index in [9.17, 15) is 13.6 Å². The van der Waals surface area contributed by atoms with Crippen LogP contribution in [0, 0.1) is 11.6 Å². The van der Waals surface area contributed by atoms with Crippen LogP contribution in [-0.2, 0) is 11.2 Å². The van der Waals surface area contributed by atoms with E-state index >= 15 is 0 Å². The van der Waals surface area contributed by atoms with Crippen molar-refractivity contribution < 1.29 is 13.6 Å². The summed E-state index contributed by atoms with van der Waals surface area (Å²) in [6, 6.07) is 10.4. The number of carbonyl (C=O) groups is 1. The molecule has 0 saturated carbocycles. The van der Waals surface area contributed by atoms with E-state index in [2.05, 4.69) is 5.32 Å². The van der Waals surface area contributed by atoms with Crippen LogP contribution in [0.2, 0.25) is 0 Å². The third-order valence-electron chi connectivity index (χ3n) is 3.44. The number of rotatable bonds is 5. The monoisotopic (exact) mass is 318 g/mol. The van der Waals surface area contributed by atoms with Crippen molar-refractivity contribution in [1.82, 2.24) is 5.32 Å². The van der Waals surface area contributed by atoms with E-state index in [-0.39, 0.29) is 17.5 Å². The van der Waals surface area contributed by atoms with Crippen LogP contribution in [0.15, 0.2) is 42.5 Å². The number of benzene rings is 2. The minimum atomic E-state index is -0.876. The Kier molecular flexibility index (Phi) is 5.45. The number of hydrogen-bond acceptors (Lipinski definition) is 2. The minimum Gasteiger partial charge on any atom is -0.353 e. The third kappa shape index (κ3) is 4.36. The van der Waals surface area contributed by atoms with E-state index in [0.717, 1.165) is 11.6 Å². The Bertz CT molecular complexity index is 684. The lowest BCUT2D eigenvalue weighted by molar-refractivity contribution is -0.122. The summed E-state index contributed by atoms with van der Waals surface area (Å²) in [5, 5.41) is 2.76. The molecule has 122 valence electrons. The Labute approximate surface area is 134 Å². The van der Waals surface area contributed by atoms with Gasteiger partial charge in [0.15, 0.2) is 11.6 Å². The summed E-state index contributed by atoms with van der Waals surface area (Å²) in [5.74, 6) is -1.95. The molecule has 2 aromatic rings. The highest BCUT2D eigenvalue weighted by molar-refractivity contribution is 5.82. The first-order chi connectivity index (χ1) is 10.9. The molecule has 0 radical (unpaired) electrons. The van der Waals surface area contributed by atoms with Crippen LogP contribution in [0.1, 0.15) is 19.4 Å². The molecule has 0 fully saturated rings. The normalized spacial score (nSPS) is 12.3. The highest BCUT2D eigenvalue weighted by Gasteiger charge is 2.15. The van der Waals surface area contributed by atoms with Crippen LogP contribution in [0.4, 0.5) is 8.78 Å². The van der Waals surface area contributed by atoms with Gasteiger partial charge in [0, 0.05) is 11.6 Å². The summed E-state index contributed by atoms with van der Waals surface area (Å²) in [6.07, 6.45) is 0.379. The first-order valence-electron chi connectivity index (χ1n) is 7.47. The average molecular weight is 318 g/mol. The predicted octanol–water partition coefficient (Wildman–Crippen LogP) is 3.03. The van der Waals surface area contributed by atoms with Gasteiger partial charge >= 0.3 is 0 Å². The molecule has 2 rings (SSSR count). The van der Waals surface area contributed by atoms with Gasteiger partial charge < -0.3 is 11.1 Å². The second-order valence-corrected chi connectivity index (χ2v) is 5.77. The fourth-order valence-corrected chi connectivity index (χ4v) is 2.29. The van der Waals surface area contributed by atoms with Gasteiger partial charge in [0.2, 0.25) is 5.91 Å². The third-order valence-corrected chi connectivity index (χ3v) is 3.44. The van der Waals surface area contributed by atoms with Crippen molar-refractivity contribution in [3.05, 3.63) is 59.7 Å². The second-order valence-electron chi connectivity index (χ2n) is 5.77. The molecule has 0 aliphatic rings. The van der Waals surface area contributed by atoms with Gasteiger partial charge in [-0.2, -0.15) is 0 Å². The first kappa shape index (κ1) is 17.1. The van der Waals surface area contributed by atoms with Crippen LogP contribution in [0.25, 0.3) is 11.1 Å². The summed E-state index contributed by atoms with van der Waals surface area (Å²) in [7, 11) is 0. The molecule has 3 N–H and O–H groups in total. The zero-order valence-corrected chi connectivity index (χ0v) is 13.1. The van der Waals surface area contributed by atoms with Gasteiger partial charge in [-0.1, -0.05) is 36.4 Å². The minimum absolute atomic E-state index is 0.0341. The van der Waals surface area contributed by atoms with E-state index in [0.29, 0.717) is 12.0 Å². The smallest absolute Gasteiger partial charge is 0.237 e. The molecule has 0 bridgehead atoms.